The van der Waals surface area contributed by atoms with Crippen LogP contribution in [0.2, 0.25) is 0 Å². The maximum Gasteiger partial charge on any atom is 0.241 e. The number of ether oxygens (including phenoxy) is 2. The van der Waals surface area contributed by atoms with E-state index in [1.165, 1.54) is 11.0 Å². The van der Waals surface area contributed by atoms with Gasteiger partial charge in [0.25, 0.3) is 0 Å². The highest BCUT2D eigenvalue weighted by Gasteiger charge is 2.24. The molecular weight excluding hydrogens is 404 g/mol. The van der Waals surface area contributed by atoms with Crippen LogP contribution in [0, 0.1) is 0 Å². The summed E-state index contributed by atoms with van der Waals surface area (Å²) in [4.78, 5) is 14.0. The van der Waals surface area contributed by atoms with Crippen molar-refractivity contribution in [2.24, 2.45) is 0 Å². The van der Waals surface area contributed by atoms with Crippen LogP contribution in [0.4, 0.5) is 0 Å². The average Bonchev–Trinajstić information content (AvgIpc) is 2.77. The largest absolute Gasteiger partial charge is 0.486 e. The van der Waals surface area contributed by atoms with Gasteiger partial charge in [-0.2, -0.15) is 0 Å². The van der Waals surface area contributed by atoms with Gasteiger partial charge in [-0.05, 0) is 35.0 Å². The van der Waals surface area contributed by atoms with Crippen molar-refractivity contribution in [2.75, 3.05) is 26.7 Å². The van der Waals surface area contributed by atoms with Gasteiger partial charge in [-0.15, -0.1) is 0 Å². The van der Waals surface area contributed by atoms with E-state index >= 15 is 0 Å². The molecule has 156 valence electrons. The van der Waals surface area contributed by atoms with Crippen molar-refractivity contribution < 1.29 is 22.7 Å². The minimum atomic E-state index is -3.81. The number of likely N-dealkylation sites (N-methyl/N-ethyl adjacent to an activating group) is 1. The molecule has 1 atom stereocenters. The van der Waals surface area contributed by atoms with Gasteiger partial charge in [0, 0.05) is 7.05 Å². The van der Waals surface area contributed by atoms with E-state index in [4.69, 9.17) is 9.47 Å². The second-order valence-electron chi connectivity index (χ2n) is 7.11. The minimum Gasteiger partial charge on any atom is -0.486 e. The monoisotopic (exact) mass is 426 g/mol. The van der Waals surface area contributed by atoms with Crippen LogP contribution in [-0.4, -0.2) is 52.1 Å². The van der Waals surface area contributed by atoms with Crippen molar-refractivity contribution in [1.29, 1.82) is 0 Å². The van der Waals surface area contributed by atoms with Crippen molar-refractivity contribution >= 4 is 26.7 Å². The second-order valence-corrected chi connectivity index (χ2v) is 8.87. The Morgan fingerprint density at radius 2 is 1.73 bits per heavy atom. The molecule has 0 aromatic heterocycles. The standard InChI is InChI=1S/C22H22N2O5S/c1-24(14-18-15-28-20-8-4-5-9-21(20)29-18)22(25)13-23-30(26,27)19-11-10-16-6-2-3-7-17(16)12-19/h2-12,18,23H,13-15H2,1H3/t18-/m0/s1. The van der Waals surface area contributed by atoms with Gasteiger partial charge in [0.1, 0.15) is 6.61 Å². The number of carbonyl (C=O) groups is 1. The minimum absolute atomic E-state index is 0.122. The molecule has 3 aromatic carbocycles. The lowest BCUT2D eigenvalue weighted by atomic mass is 10.1. The highest BCUT2D eigenvalue weighted by Crippen LogP contribution is 2.30. The van der Waals surface area contributed by atoms with Gasteiger partial charge in [0.2, 0.25) is 15.9 Å². The van der Waals surface area contributed by atoms with E-state index in [2.05, 4.69) is 4.72 Å². The smallest absolute Gasteiger partial charge is 0.241 e. The maximum atomic E-state index is 12.6. The SMILES string of the molecule is CN(C[C@H]1COc2ccccc2O1)C(=O)CNS(=O)(=O)c1ccc2ccccc2c1. The highest BCUT2D eigenvalue weighted by molar-refractivity contribution is 7.89. The van der Waals surface area contributed by atoms with Crippen molar-refractivity contribution in [1.82, 2.24) is 9.62 Å². The molecule has 0 radical (unpaired) electrons. The van der Waals surface area contributed by atoms with Crippen molar-refractivity contribution in [3.63, 3.8) is 0 Å². The van der Waals surface area contributed by atoms with Crippen molar-refractivity contribution in [2.45, 2.75) is 11.0 Å². The summed E-state index contributed by atoms with van der Waals surface area (Å²) in [6, 6.07) is 19.7. The number of hydrogen-bond donors (Lipinski definition) is 1. The van der Waals surface area contributed by atoms with Crippen molar-refractivity contribution in [3.05, 3.63) is 66.7 Å². The zero-order valence-electron chi connectivity index (χ0n) is 16.4. The van der Waals surface area contributed by atoms with Gasteiger partial charge in [-0.25, -0.2) is 13.1 Å². The third kappa shape index (κ3) is 4.39. The van der Waals surface area contributed by atoms with E-state index in [1.807, 2.05) is 42.5 Å². The van der Waals surface area contributed by atoms with Gasteiger partial charge in [0.15, 0.2) is 17.6 Å². The lowest BCUT2D eigenvalue weighted by Crippen LogP contribution is -2.45. The van der Waals surface area contributed by atoms with Crippen LogP contribution in [0.3, 0.4) is 0 Å². The van der Waals surface area contributed by atoms with E-state index in [0.717, 1.165) is 10.8 Å². The third-order valence-electron chi connectivity index (χ3n) is 4.92. The maximum absolute atomic E-state index is 12.6. The summed E-state index contributed by atoms with van der Waals surface area (Å²) in [5, 5.41) is 1.77. The highest BCUT2D eigenvalue weighted by atomic mass is 32.2. The molecule has 1 aliphatic rings. The fourth-order valence-electron chi connectivity index (χ4n) is 3.27. The first-order valence-electron chi connectivity index (χ1n) is 9.53. The summed E-state index contributed by atoms with van der Waals surface area (Å²) < 4.78 is 39.1. The first kappa shape index (κ1) is 20.2. The Bertz CT molecular complexity index is 1180. The summed E-state index contributed by atoms with van der Waals surface area (Å²) in [6.45, 7) is 0.262. The van der Waals surface area contributed by atoms with Crippen LogP contribution in [-0.2, 0) is 14.8 Å². The Morgan fingerprint density at radius 3 is 2.53 bits per heavy atom. The molecule has 1 aliphatic heterocycles. The normalized spacial score (nSPS) is 15.7. The molecule has 3 aromatic rings. The fraction of sp³-hybridized carbons (Fsp3) is 0.227. The lowest BCUT2D eigenvalue weighted by molar-refractivity contribution is -0.130. The molecule has 1 amide bonds. The van der Waals surface area contributed by atoms with Crippen LogP contribution in [0.25, 0.3) is 10.8 Å². The Kier molecular flexibility index (Phi) is 5.61. The van der Waals surface area contributed by atoms with Gasteiger partial charge in [-0.3, -0.25) is 4.79 Å². The number of carbonyl (C=O) groups excluding carboxylic acids is 1. The van der Waals surface area contributed by atoms with Gasteiger partial charge in [-0.1, -0.05) is 42.5 Å². The number of para-hydroxylation sites is 2. The molecule has 0 saturated heterocycles. The first-order valence-corrected chi connectivity index (χ1v) is 11.0. The van der Waals surface area contributed by atoms with Crippen LogP contribution in [0.5, 0.6) is 11.5 Å². The molecule has 0 bridgehead atoms. The zero-order chi connectivity index (χ0) is 21.1. The molecular formula is C22H22N2O5S. The van der Waals surface area contributed by atoms with Crippen LogP contribution >= 0.6 is 0 Å². The Labute approximate surface area is 175 Å². The molecule has 0 fully saturated rings. The lowest BCUT2D eigenvalue weighted by Gasteiger charge is -2.29. The molecule has 4 rings (SSSR count). The predicted molar refractivity (Wildman–Crippen MR) is 113 cm³/mol. The van der Waals surface area contributed by atoms with Crippen LogP contribution in [0.1, 0.15) is 0 Å². The Morgan fingerprint density at radius 1 is 1.03 bits per heavy atom. The Balaban J connectivity index is 1.35. The van der Waals surface area contributed by atoms with E-state index < -0.39 is 10.0 Å². The number of amides is 1. The molecule has 30 heavy (non-hydrogen) atoms. The number of nitrogens with one attached hydrogen (secondary N) is 1. The number of hydrogen-bond acceptors (Lipinski definition) is 5. The molecule has 0 aliphatic carbocycles. The summed E-state index contributed by atoms with van der Waals surface area (Å²) >= 11 is 0. The van der Waals surface area contributed by atoms with Crippen LogP contribution < -0.4 is 14.2 Å². The molecule has 8 heteroatoms. The van der Waals surface area contributed by atoms with Crippen molar-refractivity contribution in [3.8, 4) is 11.5 Å². The molecule has 0 unspecified atom stereocenters. The van der Waals surface area contributed by atoms with E-state index in [9.17, 15) is 13.2 Å². The summed E-state index contributed by atoms with van der Waals surface area (Å²) in [6.07, 6.45) is -0.328. The number of fused-ring (bicyclic) bond motifs is 2. The average molecular weight is 426 g/mol. The fourth-order valence-corrected chi connectivity index (χ4v) is 4.28. The molecule has 0 spiro atoms. The summed E-state index contributed by atoms with van der Waals surface area (Å²) in [7, 11) is -2.20. The molecule has 7 nitrogen and oxygen atoms in total. The summed E-state index contributed by atoms with van der Waals surface area (Å²) in [5.74, 6) is 0.944. The molecule has 1 N–H and O–H groups in total. The number of nitrogens with zero attached hydrogens (tertiary/aromatic N) is 1. The second kappa shape index (κ2) is 8.33. The van der Waals surface area contributed by atoms with E-state index in [0.29, 0.717) is 18.1 Å². The van der Waals surface area contributed by atoms with Gasteiger partial charge < -0.3 is 14.4 Å². The summed E-state index contributed by atoms with van der Waals surface area (Å²) in [5.41, 5.74) is 0. The number of rotatable bonds is 6. The quantitative estimate of drug-likeness (QED) is 0.654. The predicted octanol–water partition coefficient (Wildman–Crippen LogP) is 2.42. The van der Waals surface area contributed by atoms with Gasteiger partial charge in [0.05, 0.1) is 18.0 Å². The topological polar surface area (TPSA) is 84.9 Å². The zero-order valence-corrected chi connectivity index (χ0v) is 17.3. The van der Waals surface area contributed by atoms with E-state index in [-0.39, 0.29) is 30.0 Å². The first-order chi connectivity index (χ1) is 14.4. The molecule has 1 heterocycles. The third-order valence-corrected chi connectivity index (χ3v) is 6.31. The number of sulfonamides is 1. The number of benzene rings is 3. The Hall–Kier alpha value is -3.10. The van der Waals surface area contributed by atoms with E-state index in [1.54, 1.807) is 25.2 Å². The van der Waals surface area contributed by atoms with Crippen LogP contribution in [0.15, 0.2) is 71.6 Å². The molecule has 0 saturated carbocycles. The van der Waals surface area contributed by atoms with Gasteiger partial charge >= 0.3 is 0 Å².